The van der Waals surface area contributed by atoms with Gasteiger partial charge in [-0.3, -0.25) is 9.69 Å². The third-order valence-electron chi connectivity index (χ3n) is 4.52. The van der Waals surface area contributed by atoms with Gasteiger partial charge in [0.05, 0.1) is 6.54 Å². The zero-order valence-electron chi connectivity index (χ0n) is 13.1. The van der Waals surface area contributed by atoms with Crippen LogP contribution >= 0.6 is 0 Å². The summed E-state index contributed by atoms with van der Waals surface area (Å²) in [6.45, 7) is 7.17. The summed E-state index contributed by atoms with van der Waals surface area (Å²) in [5.41, 5.74) is 0.899. The van der Waals surface area contributed by atoms with Crippen LogP contribution in [0.25, 0.3) is 0 Å². The molecule has 0 N–H and O–H groups in total. The van der Waals surface area contributed by atoms with Gasteiger partial charge in [-0.25, -0.2) is 4.39 Å². The van der Waals surface area contributed by atoms with Gasteiger partial charge in [0.1, 0.15) is 5.82 Å². The van der Waals surface area contributed by atoms with Crippen LogP contribution < -0.4 is 0 Å². The van der Waals surface area contributed by atoms with E-state index in [1.807, 2.05) is 0 Å². The van der Waals surface area contributed by atoms with Crippen molar-refractivity contribution in [1.29, 1.82) is 0 Å². The Kier molecular flexibility index (Phi) is 5.92. The predicted octanol–water partition coefficient (Wildman–Crippen LogP) is 3.70. The van der Waals surface area contributed by atoms with E-state index in [0.717, 1.165) is 30.5 Å². The number of hydrogen-bond donors (Lipinski definition) is 0. The quantitative estimate of drug-likeness (QED) is 0.824. The van der Waals surface area contributed by atoms with Gasteiger partial charge in [0.15, 0.2) is 5.78 Å². The van der Waals surface area contributed by atoms with Crippen LogP contribution in [0.4, 0.5) is 4.39 Å². The van der Waals surface area contributed by atoms with Crippen LogP contribution in [-0.4, -0.2) is 30.3 Å². The summed E-state index contributed by atoms with van der Waals surface area (Å²) in [4.78, 5) is 14.4. The minimum atomic E-state index is -0.251. The molecule has 2 nitrogen and oxygen atoms in total. The molecule has 1 fully saturated rings. The maximum absolute atomic E-state index is 12.9. The molecule has 0 amide bonds. The van der Waals surface area contributed by atoms with E-state index in [2.05, 4.69) is 18.7 Å². The Balaban J connectivity index is 1.81. The van der Waals surface area contributed by atoms with Crippen molar-refractivity contribution in [2.45, 2.75) is 39.5 Å². The monoisotopic (exact) mass is 291 g/mol. The van der Waals surface area contributed by atoms with E-state index in [4.69, 9.17) is 0 Å². The normalized spacial score (nSPS) is 20.5. The number of nitrogens with zero attached hydrogens (tertiary/aromatic N) is 1. The highest BCUT2D eigenvalue weighted by Crippen LogP contribution is 2.24. The minimum absolute atomic E-state index is 0.226. The number of Topliss-reactive ketones (excluding diaryl/α,β-unsaturated/α-hetero) is 1. The highest BCUT2D eigenvalue weighted by molar-refractivity contribution is 5.82. The molecule has 1 atom stereocenters. The van der Waals surface area contributed by atoms with Crippen molar-refractivity contribution in [3.8, 4) is 0 Å². The third-order valence-corrected chi connectivity index (χ3v) is 4.52. The first kappa shape index (κ1) is 16.2. The number of likely N-dealkylation sites (tertiary alicyclic amines) is 1. The fraction of sp³-hybridized carbons (Fsp3) is 0.611. The molecule has 21 heavy (non-hydrogen) atoms. The van der Waals surface area contributed by atoms with Crippen molar-refractivity contribution in [1.82, 2.24) is 4.90 Å². The average molecular weight is 291 g/mol. The lowest BCUT2D eigenvalue weighted by Crippen LogP contribution is -2.31. The summed E-state index contributed by atoms with van der Waals surface area (Å²) < 4.78 is 12.9. The van der Waals surface area contributed by atoms with Crippen LogP contribution in [0.2, 0.25) is 0 Å². The molecule has 1 aliphatic rings. The van der Waals surface area contributed by atoms with Crippen molar-refractivity contribution in [2.24, 2.45) is 11.8 Å². The highest BCUT2D eigenvalue weighted by Gasteiger charge is 2.20. The second-order valence-corrected chi connectivity index (χ2v) is 6.55. The largest absolute Gasteiger partial charge is 0.298 e. The van der Waals surface area contributed by atoms with Gasteiger partial charge in [0.2, 0.25) is 0 Å². The second-order valence-electron chi connectivity index (χ2n) is 6.55. The minimum Gasteiger partial charge on any atom is -0.298 e. The molecular formula is C18H26FNO. The summed E-state index contributed by atoms with van der Waals surface area (Å²) in [7, 11) is 0. The average Bonchev–Trinajstić information content (AvgIpc) is 2.67. The Hall–Kier alpha value is -1.22. The van der Waals surface area contributed by atoms with E-state index < -0.39 is 0 Å². The molecule has 1 aromatic carbocycles. The van der Waals surface area contributed by atoms with E-state index in [-0.39, 0.29) is 11.6 Å². The molecule has 0 spiro atoms. The van der Waals surface area contributed by atoms with Gasteiger partial charge in [-0.2, -0.15) is 0 Å². The summed E-state index contributed by atoms with van der Waals surface area (Å²) >= 11 is 0. The first-order valence-electron chi connectivity index (χ1n) is 8.03. The molecule has 0 radical (unpaired) electrons. The van der Waals surface area contributed by atoms with E-state index in [1.54, 1.807) is 12.1 Å². The van der Waals surface area contributed by atoms with Crippen LogP contribution in [0.5, 0.6) is 0 Å². The number of rotatable bonds is 5. The molecule has 1 aromatic rings. The van der Waals surface area contributed by atoms with Crippen molar-refractivity contribution < 1.29 is 9.18 Å². The fourth-order valence-corrected chi connectivity index (χ4v) is 3.14. The SMILES string of the molecule is CC(C)C1CCCN(CC(=O)Cc2ccc(F)cc2)CC1. The lowest BCUT2D eigenvalue weighted by molar-refractivity contribution is -0.119. The van der Waals surface area contributed by atoms with Gasteiger partial charge in [0.25, 0.3) is 0 Å². The third kappa shape index (κ3) is 5.24. The van der Waals surface area contributed by atoms with E-state index in [0.29, 0.717) is 13.0 Å². The molecule has 1 saturated heterocycles. The zero-order valence-corrected chi connectivity index (χ0v) is 13.1. The molecule has 3 heteroatoms. The van der Waals surface area contributed by atoms with Crippen LogP contribution in [-0.2, 0) is 11.2 Å². The van der Waals surface area contributed by atoms with Crippen molar-refractivity contribution in [3.63, 3.8) is 0 Å². The smallest absolute Gasteiger partial charge is 0.151 e. The maximum atomic E-state index is 12.9. The van der Waals surface area contributed by atoms with Gasteiger partial charge >= 0.3 is 0 Å². The first-order chi connectivity index (χ1) is 10.0. The van der Waals surface area contributed by atoms with Gasteiger partial charge < -0.3 is 0 Å². The summed E-state index contributed by atoms with van der Waals surface area (Å²) in [6.07, 6.45) is 4.07. The van der Waals surface area contributed by atoms with Crippen molar-refractivity contribution in [2.75, 3.05) is 19.6 Å². The van der Waals surface area contributed by atoms with E-state index in [9.17, 15) is 9.18 Å². The second kappa shape index (κ2) is 7.69. The molecular weight excluding hydrogens is 265 g/mol. The molecule has 1 unspecified atom stereocenters. The lowest BCUT2D eigenvalue weighted by atomic mass is 9.89. The summed E-state index contributed by atoms with van der Waals surface area (Å²) in [5.74, 6) is 1.50. The summed E-state index contributed by atoms with van der Waals surface area (Å²) in [5, 5.41) is 0. The molecule has 0 aromatic heterocycles. The van der Waals surface area contributed by atoms with E-state index in [1.165, 1.54) is 31.4 Å². The highest BCUT2D eigenvalue weighted by atomic mass is 19.1. The molecule has 1 aliphatic heterocycles. The predicted molar refractivity (Wildman–Crippen MR) is 83.7 cm³/mol. The van der Waals surface area contributed by atoms with Gasteiger partial charge in [-0.05, 0) is 61.9 Å². The fourth-order valence-electron chi connectivity index (χ4n) is 3.14. The van der Waals surface area contributed by atoms with Crippen LogP contribution in [0, 0.1) is 17.7 Å². The maximum Gasteiger partial charge on any atom is 0.151 e. The summed E-state index contributed by atoms with van der Waals surface area (Å²) in [6, 6.07) is 6.23. The molecule has 0 saturated carbocycles. The number of halogens is 1. The van der Waals surface area contributed by atoms with Crippen molar-refractivity contribution >= 4 is 5.78 Å². The Labute approximate surface area is 127 Å². The Morgan fingerprint density at radius 1 is 1.24 bits per heavy atom. The molecule has 1 heterocycles. The standard InChI is InChI=1S/C18H26FNO/c1-14(2)16-4-3-10-20(11-9-16)13-18(21)12-15-5-7-17(19)8-6-15/h5-8,14,16H,3-4,9-13H2,1-2H3. The van der Waals surface area contributed by atoms with Crippen LogP contribution in [0.15, 0.2) is 24.3 Å². The number of carbonyl (C=O) groups is 1. The molecule has 0 bridgehead atoms. The Morgan fingerprint density at radius 3 is 2.62 bits per heavy atom. The molecule has 116 valence electrons. The first-order valence-corrected chi connectivity index (χ1v) is 8.03. The Bertz CT molecular complexity index is 455. The Morgan fingerprint density at radius 2 is 1.95 bits per heavy atom. The van der Waals surface area contributed by atoms with Gasteiger partial charge in [-0.1, -0.05) is 26.0 Å². The van der Waals surface area contributed by atoms with Gasteiger partial charge in [0, 0.05) is 6.42 Å². The van der Waals surface area contributed by atoms with Crippen LogP contribution in [0.3, 0.4) is 0 Å². The number of ketones is 1. The van der Waals surface area contributed by atoms with Gasteiger partial charge in [-0.15, -0.1) is 0 Å². The lowest BCUT2D eigenvalue weighted by Gasteiger charge is -2.20. The number of carbonyl (C=O) groups excluding carboxylic acids is 1. The zero-order chi connectivity index (χ0) is 15.2. The van der Waals surface area contributed by atoms with Crippen LogP contribution in [0.1, 0.15) is 38.7 Å². The van der Waals surface area contributed by atoms with Crippen molar-refractivity contribution in [3.05, 3.63) is 35.6 Å². The number of benzene rings is 1. The topological polar surface area (TPSA) is 20.3 Å². The molecule has 2 rings (SSSR count). The van der Waals surface area contributed by atoms with E-state index >= 15 is 0 Å². The molecule has 0 aliphatic carbocycles. The number of hydrogen-bond acceptors (Lipinski definition) is 2.